The van der Waals surface area contributed by atoms with Gasteiger partial charge in [-0.15, -0.1) is 0 Å². The van der Waals surface area contributed by atoms with E-state index in [9.17, 15) is 8.78 Å². The molecule has 0 rings (SSSR count). The second-order valence-corrected chi connectivity index (χ2v) is 3.79. The molecule has 2 heteroatoms. The molecule has 0 amide bonds. The molecule has 0 aliphatic heterocycles. The van der Waals surface area contributed by atoms with Gasteiger partial charge in [0.1, 0.15) is 0 Å². The van der Waals surface area contributed by atoms with Crippen molar-refractivity contribution < 1.29 is 8.78 Å². The van der Waals surface area contributed by atoms with E-state index < -0.39 is 11.7 Å². The van der Waals surface area contributed by atoms with Gasteiger partial charge in [0, 0.05) is 0 Å². The lowest BCUT2D eigenvalue weighted by Gasteiger charge is -2.12. The van der Waals surface area contributed by atoms with Gasteiger partial charge in [-0.25, -0.2) is 8.78 Å². The fourth-order valence-corrected chi connectivity index (χ4v) is 1.33. The van der Waals surface area contributed by atoms with Crippen LogP contribution >= 0.6 is 0 Å². The Morgan fingerprint density at radius 3 is 2.40 bits per heavy atom. The highest BCUT2D eigenvalue weighted by atomic mass is 19.2. The summed E-state index contributed by atoms with van der Waals surface area (Å²) in [6.45, 7) is 10.7. The fraction of sp³-hybridized carbons (Fsp3) is 0.538. The summed E-state index contributed by atoms with van der Waals surface area (Å²) in [5, 5.41) is 0. The summed E-state index contributed by atoms with van der Waals surface area (Å²) in [4.78, 5) is 0. The van der Waals surface area contributed by atoms with E-state index in [0.29, 0.717) is 0 Å². The van der Waals surface area contributed by atoms with E-state index in [2.05, 4.69) is 20.1 Å². The molecule has 0 nitrogen and oxygen atoms in total. The zero-order chi connectivity index (χ0) is 11.8. The minimum atomic E-state index is -0.914. The second-order valence-electron chi connectivity index (χ2n) is 3.79. The Bertz CT molecular complexity index is 251. The lowest BCUT2D eigenvalue weighted by atomic mass is 9.95. The molecule has 1 atom stereocenters. The number of rotatable bonds is 7. The highest BCUT2D eigenvalue weighted by molar-refractivity contribution is 5.30. The molecule has 0 aromatic rings. The van der Waals surface area contributed by atoms with Crippen LogP contribution in [0.15, 0.2) is 36.5 Å². The molecule has 0 aliphatic rings. The zero-order valence-electron chi connectivity index (χ0n) is 9.65. The average Bonchev–Trinajstić information content (AvgIpc) is 2.26. The second kappa shape index (κ2) is 7.38. The van der Waals surface area contributed by atoms with Crippen LogP contribution in [0.3, 0.4) is 0 Å². The molecular weight excluding hydrogens is 194 g/mol. The molecule has 0 saturated carbocycles. The predicted octanol–water partition coefficient (Wildman–Crippen LogP) is 5.10. The number of allylic oxidation sites excluding steroid dienone is 4. The Morgan fingerprint density at radius 1 is 1.33 bits per heavy atom. The molecule has 0 heterocycles. The van der Waals surface area contributed by atoms with Crippen LogP contribution in [0, 0.1) is 5.92 Å². The molecule has 0 spiro atoms. The number of halogens is 2. The Balaban J connectivity index is 4.26. The maximum Gasteiger partial charge on any atom is 0.161 e. The van der Waals surface area contributed by atoms with Crippen molar-refractivity contribution >= 4 is 0 Å². The molecule has 0 aromatic heterocycles. The van der Waals surface area contributed by atoms with Gasteiger partial charge >= 0.3 is 0 Å². The first kappa shape index (κ1) is 14.1. The van der Waals surface area contributed by atoms with Gasteiger partial charge in [0.05, 0.1) is 0 Å². The molecule has 0 radical (unpaired) electrons. The fourth-order valence-electron chi connectivity index (χ4n) is 1.33. The van der Waals surface area contributed by atoms with Crippen molar-refractivity contribution in [2.75, 3.05) is 0 Å². The van der Waals surface area contributed by atoms with Crippen LogP contribution in [0.5, 0.6) is 0 Å². The molecule has 0 bridgehead atoms. The first-order valence-electron chi connectivity index (χ1n) is 5.41. The molecule has 0 aliphatic carbocycles. The van der Waals surface area contributed by atoms with E-state index in [0.717, 1.165) is 31.8 Å². The van der Waals surface area contributed by atoms with Crippen molar-refractivity contribution in [3.63, 3.8) is 0 Å². The average molecular weight is 214 g/mol. The van der Waals surface area contributed by atoms with E-state index in [1.807, 2.05) is 6.92 Å². The van der Waals surface area contributed by atoms with Crippen LogP contribution in [0.25, 0.3) is 0 Å². The summed E-state index contributed by atoms with van der Waals surface area (Å²) in [6.07, 6.45) is 4.99. The van der Waals surface area contributed by atoms with Crippen LogP contribution in [-0.4, -0.2) is 0 Å². The summed E-state index contributed by atoms with van der Waals surface area (Å²) in [5.74, 6) is -1.78. The third-order valence-electron chi connectivity index (χ3n) is 2.51. The molecule has 86 valence electrons. The maximum atomic E-state index is 13.3. The first-order valence-corrected chi connectivity index (χ1v) is 5.41. The van der Waals surface area contributed by atoms with Crippen molar-refractivity contribution in [1.82, 2.24) is 0 Å². The van der Waals surface area contributed by atoms with E-state index >= 15 is 0 Å². The Kier molecular flexibility index (Phi) is 6.93. The van der Waals surface area contributed by atoms with Crippen molar-refractivity contribution in [3.8, 4) is 0 Å². The van der Waals surface area contributed by atoms with Gasteiger partial charge in [0.25, 0.3) is 0 Å². The Morgan fingerprint density at radius 2 is 1.93 bits per heavy atom. The summed E-state index contributed by atoms with van der Waals surface area (Å²) in [5.41, 5.74) is 0.239. The Labute approximate surface area is 91.4 Å². The summed E-state index contributed by atoms with van der Waals surface area (Å²) in [6, 6.07) is 0. The zero-order valence-corrected chi connectivity index (χ0v) is 9.65. The lowest BCUT2D eigenvalue weighted by Crippen LogP contribution is -2.00. The van der Waals surface area contributed by atoms with E-state index in [1.54, 1.807) is 0 Å². The smallest absolute Gasteiger partial charge is 0.161 e. The molecular formula is C13H20F2. The minimum Gasteiger partial charge on any atom is -0.204 e. The summed E-state index contributed by atoms with van der Waals surface area (Å²) < 4.78 is 26.1. The van der Waals surface area contributed by atoms with Crippen LogP contribution in [0.4, 0.5) is 8.78 Å². The summed E-state index contributed by atoms with van der Waals surface area (Å²) in [7, 11) is 0. The Hall–Kier alpha value is -0.920. The minimum absolute atomic E-state index is 0.0118. The van der Waals surface area contributed by atoms with Crippen LogP contribution < -0.4 is 0 Å². The van der Waals surface area contributed by atoms with Gasteiger partial charge in [0.2, 0.25) is 0 Å². The van der Waals surface area contributed by atoms with E-state index in [-0.39, 0.29) is 11.5 Å². The summed E-state index contributed by atoms with van der Waals surface area (Å²) >= 11 is 0. The molecule has 0 N–H and O–H groups in total. The van der Waals surface area contributed by atoms with Crippen molar-refractivity contribution in [1.29, 1.82) is 0 Å². The highest BCUT2D eigenvalue weighted by Crippen LogP contribution is 2.26. The van der Waals surface area contributed by atoms with Gasteiger partial charge < -0.3 is 0 Å². The van der Waals surface area contributed by atoms with Gasteiger partial charge in [-0.3, -0.25) is 0 Å². The van der Waals surface area contributed by atoms with Gasteiger partial charge in [-0.2, -0.15) is 0 Å². The number of hydrogen-bond donors (Lipinski definition) is 0. The predicted molar refractivity (Wildman–Crippen MR) is 61.9 cm³/mol. The first-order chi connectivity index (χ1) is 7.04. The highest BCUT2D eigenvalue weighted by Gasteiger charge is 2.14. The maximum absolute atomic E-state index is 13.3. The monoisotopic (exact) mass is 214 g/mol. The van der Waals surface area contributed by atoms with Gasteiger partial charge in [-0.1, -0.05) is 46.3 Å². The molecule has 0 fully saturated rings. The number of hydrogen-bond acceptors (Lipinski definition) is 0. The third-order valence-corrected chi connectivity index (χ3v) is 2.51. The SMILES string of the molecule is C=C/C(F)=C(/F)C(=C)C(C)CCCCC. The quantitative estimate of drug-likeness (QED) is 0.409. The molecule has 0 aromatic carbocycles. The van der Waals surface area contributed by atoms with Crippen molar-refractivity contribution in [2.45, 2.75) is 39.5 Å². The standard InChI is InChI=1S/C13H20F2/c1-5-7-8-9-10(3)11(4)13(15)12(14)6-2/h6,10H,2,4-5,7-9H2,1,3H3/b13-12-. The largest absolute Gasteiger partial charge is 0.204 e. The van der Waals surface area contributed by atoms with Gasteiger partial charge in [-0.05, 0) is 24.0 Å². The van der Waals surface area contributed by atoms with Crippen LogP contribution in [-0.2, 0) is 0 Å². The topological polar surface area (TPSA) is 0 Å². The van der Waals surface area contributed by atoms with E-state index in [4.69, 9.17) is 0 Å². The van der Waals surface area contributed by atoms with Crippen LogP contribution in [0.1, 0.15) is 39.5 Å². The van der Waals surface area contributed by atoms with Gasteiger partial charge in [0.15, 0.2) is 11.7 Å². The van der Waals surface area contributed by atoms with Crippen molar-refractivity contribution in [3.05, 3.63) is 36.5 Å². The molecule has 1 unspecified atom stereocenters. The normalized spacial score (nSPS) is 14.4. The van der Waals surface area contributed by atoms with Crippen molar-refractivity contribution in [2.24, 2.45) is 5.92 Å². The molecule has 15 heavy (non-hydrogen) atoms. The lowest BCUT2D eigenvalue weighted by molar-refractivity contribution is 0.504. The van der Waals surface area contributed by atoms with Crippen LogP contribution in [0.2, 0.25) is 0 Å². The number of unbranched alkanes of at least 4 members (excludes halogenated alkanes) is 2. The van der Waals surface area contributed by atoms with E-state index in [1.165, 1.54) is 0 Å². The third kappa shape index (κ3) is 4.91. The molecule has 0 saturated heterocycles.